The minimum absolute atomic E-state index is 0.184. The van der Waals surface area contributed by atoms with Crippen LogP contribution < -0.4 is 0 Å². The maximum atomic E-state index is 11.6. The van der Waals surface area contributed by atoms with E-state index < -0.39 is 0 Å². The average Bonchev–Trinajstić information content (AvgIpc) is 2.92. The Kier molecular flexibility index (Phi) is 4.20. The van der Waals surface area contributed by atoms with E-state index in [2.05, 4.69) is 21.8 Å². The molecule has 0 radical (unpaired) electrons. The third-order valence-electron chi connectivity index (χ3n) is 4.75. The van der Waals surface area contributed by atoms with Crippen molar-refractivity contribution in [1.29, 1.82) is 0 Å². The quantitative estimate of drug-likeness (QED) is 0.851. The number of Topliss-reactive ketones (excluding diaryl/α,β-unsaturated/α-hetero) is 1. The van der Waals surface area contributed by atoms with Crippen molar-refractivity contribution in [3.63, 3.8) is 0 Å². The Hall–Kier alpha value is -1.16. The number of likely N-dealkylation sites (tertiary alicyclic amines) is 1. The molecule has 0 bridgehead atoms. The van der Waals surface area contributed by atoms with Crippen LogP contribution in [-0.4, -0.2) is 33.6 Å². The van der Waals surface area contributed by atoms with E-state index in [9.17, 15) is 4.79 Å². The van der Waals surface area contributed by atoms with E-state index in [-0.39, 0.29) is 5.92 Å². The molecule has 0 N–H and O–H groups in total. The second-order valence-electron chi connectivity index (χ2n) is 6.43. The topological polar surface area (TPSA) is 38.1 Å². The van der Waals surface area contributed by atoms with E-state index in [1.54, 1.807) is 0 Å². The summed E-state index contributed by atoms with van der Waals surface area (Å²) in [4.78, 5) is 13.9. The van der Waals surface area contributed by atoms with Crippen molar-refractivity contribution in [2.45, 2.75) is 58.0 Å². The van der Waals surface area contributed by atoms with Crippen LogP contribution in [0.3, 0.4) is 0 Å². The van der Waals surface area contributed by atoms with Gasteiger partial charge in [0.1, 0.15) is 5.78 Å². The molecule has 0 aromatic carbocycles. The number of hydrogen-bond acceptors (Lipinski definition) is 3. The van der Waals surface area contributed by atoms with Crippen molar-refractivity contribution in [2.24, 2.45) is 5.92 Å². The largest absolute Gasteiger partial charge is 0.299 e. The van der Waals surface area contributed by atoms with Crippen molar-refractivity contribution in [3.05, 3.63) is 18.0 Å². The monoisotopic (exact) mass is 275 g/mol. The Morgan fingerprint density at radius 3 is 2.85 bits per heavy atom. The van der Waals surface area contributed by atoms with Gasteiger partial charge in [-0.05, 0) is 18.9 Å². The first-order valence-electron chi connectivity index (χ1n) is 8.01. The molecular formula is C16H25N3O. The number of nitrogens with zero attached hydrogens (tertiary/aromatic N) is 3. The van der Waals surface area contributed by atoms with Gasteiger partial charge in [-0.3, -0.25) is 14.4 Å². The molecule has 1 saturated heterocycles. The molecule has 20 heavy (non-hydrogen) atoms. The highest BCUT2D eigenvalue weighted by atomic mass is 16.1. The number of aromatic nitrogens is 2. The molecular weight excluding hydrogens is 250 g/mol. The Morgan fingerprint density at radius 2 is 2.10 bits per heavy atom. The summed E-state index contributed by atoms with van der Waals surface area (Å²) in [7, 11) is 0. The zero-order chi connectivity index (χ0) is 13.9. The predicted molar refractivity (Wildman–Crippen MR) is 78.4 cm³/mol. The minimum atomic E-state index is 0.184. The highest BCUT2D eigenvalue weighted by Gasteiger charge is 2.24. The van der Waals surface area contributed by atoms with Crippen molar-refractivity contribution in [1.82, 2.24) is 14.7 Å². The van der Waals surface area contributed by atoms with Gasteiger partial charge in [-0.2, -0.15) is 5.10 Å². The molecule has 1 saturated carbocycles. The molecule has 1 aliphatic carbocycles. The Labute approximate surface area is 121 Å². The van der Waals surface area contributed by atoms with Gasteiger partial charge in [-0.1, -0.05) is 26.2 Å². The summed E-state index contributed by atoms with van der Waals surface area (Å²) in [6.45, 7) is 4.70. The summed E-state index contributed by atoms with van der Waals surface area (Å²) < 4.78 is 2.17. The molecule has 3 rings (SSSR count). The lowest BCUT2D eigenvalue weighted by Gasteiger charge is -2.29. The van der Waals surface area contributed by atoms with Crippen LogP contribution in [0.1, 0.15) is 57.2 Å². The van der Waals surface area contributed by atoms with Gasteiger partial charge < -0.3 is 0 Å². The van der Waals surface area contributed by atoms with E-state index in [1.165, 1.54) is 32.1 Å². The SMILES string of the molecule is CC1CN(Cc2ccn(C3CCCCC3)n2)CCC1=O. The standard InChI is InChI=1S/C16H25N3O/c1-13-11-18(9-8-16(13)20)12-14-7-10-19(17-14)15-5-3-2-4-6-15/h7,10,13,15H,2-6,8-9,11-12H2,1H3. The smallest absolute Gasteiger partial charge is 0.138 e. The molecule has 4 heteroatoms. The molecule has 2 fully saturated rings. The van der Waals surface area contributed by atoms with Gasteiger partial charge in [0.05, 0.1) is 11.7 Å². The fourth-order valence-electron chi connectivity index (χ4n) is 3.48. The van der Waals surface area contributed by atoms with E-state index in [1.807, 2.05) is 6.92 Å². The predicted octanol–water partition coefficient (Wildman–Crippen LogP) is 2.80. The Bertz CT molecular complexity index is 462. The summed E-state index contributed by atoms with van der Waals surface area (Å²) in [5.41, 5.74) is 1.15. The summed E-state index contributed by atoms with van der Waals surface area (Å²) in [6.07, 6.45) is 9.45. The molecule has 1 aromatic heterocycles. The highest BCUT2D eigenvalue weighted by molar-refractivity contribution is 5.81. The van der Waals surface area contributed by atoms with Gasteiger partial charge in [-0.15, -0.1) is 0 Å². The molecule has 4 nitrogen and oxygen atoms in total. The minimum Gasteiger partial charge on any atom is -0.299 e. The van der Waals surface area contributed by atoms with Gasteiger partial charge in [-0.25, -0.2) is 0 Å². The Balaban J connectivity index is 1.58. The maximum absolute atomic E-state index is 11.6. The molecule has 1 aromatic rings. The van der Waals surface area contributed by atoms with Crippen LogP contribution >= 0.6 is 0 Å². The van der Waals surface area contributed by atoms with E-state index >= 15 is 0 Å². The molecule has 1 atom stereocenters. The van der Waals surface area contributed by atoms with Gasteiger partial charge in [0.2, 0.25) is 0 Å². The van der Waals surface area contributed by atoms with Gasteiger partial charge in [0.25, 0.3) is 0 Å². The lowest BCUT2D eigenvalue weighted by Crippen LogP contribution is -2.39. The number of ketones is 1. The summed E-state index contributed by atoms with van der Waals surface area (Å²) in [5, 5.41) is 4.76. The molecule has 2 aliphatic rings. The first-order chi connectivity index (χ1) is 9.72. The number of rotatable bonds is 3. The molecule has 1 aliphatic heterocycles. The second kappa shape index (κ2) is 6.08. The lowest BCUT2D eigenvalue weighted by atomic mass is 9.96. The number of carbonyl (C=O) groups is 1. The fourth-order valence-corrected chi connectivity index (χ4v) is 3.48. The van der Waals surface area contributed by atoms with Crippen LogP contribution in [0.2, 0.25) is 0 Å². The maximum Gasteiger partial charge on any atom is 0.138 e. The number of carbonyl (C=O) groups excluding carboxylic acids is 1. The molecule has 0 amide bonds. The van der Waals surface area contributed by atoms with Gasteiger partial charge in [0, 0.05) is 38.2 Å². The molecule has 110 valence electrons. The Morgan fingerprint density at radius 1 is 1.30 bits per heavy atom. The average molecular weight is 275 g/mol. The molecule has 0 spiro atoms. The van der Waals surface area contributed by atoms with Crippen LogP contribution in [0.15, 0.2) is 12.3 Å². The zero-order valence-electron chi connectivity index (χ0n) is 12.4. The summed E-state index contributed by atoms with van der Waals surface area (Å²) >= 11 is 0. The van der Waals surface area contributed by atoms with Crippen molar-refractivity contribution in [2.75, 3.05) is 13.1 Å². The third-order valence-corrected chi connectivity index (χ3v) is 4.75. The van der Waals surface area contributed by atoms with Crippen LogP contribution in [0, 0.1) is 5.92 Å². The van der Waals surface area contributed by atoms with Crippen LogP contribution in [0.5, 0.6) is 0 Å². The van der Waals surface area contributed by atoms with E-state index in [0.29, 0.717) is 18.2 Å². The summed E-state index contributed by atoms with van der Waals surface area (Å²) in [5.74, 6) is 0.596. The van der Waals surface area contributed by atoms with Crippen LogP contribution in [0.4, 0.5) is 0 Å². The van der Waals surface area contributed by atoms with E-state index in [0.717, 1.165) is 25.3 Å². The lowest BCUT2D eigenvalue weighted by molar-refractivity contribution is -0.125. The highest BCUT2D eigenvalue weighted by Crippen LogP contribution is 2.27. The van der Waals surface area contributed by atoms with Crippen molar-refractivity contribution >= 4 is 5.78 Å². The van der Waals surface area contributed by atoms with Crippen LogP contribution in [0.25, 0.3) is 0 Å². The summed E-state index contributed by atoms with van der Waals surface area (Å²) in [6, 6.07) is 2.76. The van der Waals surface area contributed by atoms with Crippen LogP contribution in [-0.2, 0) is 11.3 Å². The van der Waals surface area contributed by atoms with Crippen molar-refractivity contribution in [3.8, 4) is 0 Å². The number of hydrogen-bond donors (Lipinski definition) is 0. The first-order valence-corrected chi connectivity index (χ1v) is 8.01. The third kappa shape index (κ3) is 3.11. The van der Waals surface area contributed by atoms with E-state index in [4.69, 9.17) is 5.10 Å². The molecule has 2 heterocycles. The zero-order valence-corrected chi connectivity index (χ0v) is 12.4. The first kappa shape index (κ1) is 13.8. The van der Waals surface area contributed by atoms with Gasteiger partial charge >= 0.3 is 0 Å². The number of piperidine rings is 1. The normalized spacial score (nSPS) is 26.1. The van der Waals surface area contributed by atoms with Crippen molar-refractivity contribution < 1.29 is 4.79 Å². The second-order valence-corrected chi connectivity index (χ2v) is 6.43. The molecule has 1 unspecified atom stereocenters. The van der Waals surface area contributed by atoms with Gasteiger partial charge in [0.15, 0.2) is 0 Å². The fraction of sp³-hybridized carbons (Fsp3) is 0.750.